The average Bonchev–Trinajstić information content (AvgIpc) is 2.19. The summed E-state index contributed by atoms with van der Waals surface area (Å²) < 4.78 is 4.82. The molecule has 0 unspecified atom stereocenters. The van der Waals surface area contributed by atoms with Crippen LogP contribution in [0.2, 0.25) is 10.0 Å². The Balaban J connectivity index is 0.000000557. The number of carboxylic acids is 1. The second kappa shape index (κ2) is 6.82. The summed E-state index contributed by atoms with van der Waals surface area (Å²) in [6.07, 6.45) is -1.83. The zero-order valence-corrected chi connectivity index (χ0v) is 9.99. The van der Waals surface area contributed by atoms with E-state index < -0.39 is 12.1 Å². The van der Waals surface area contributed by atoms with Crippen molar-refractivity contribution in [2.75, 3.05) is 7.11 Å². The fraction of sp³-hybridized carbons (Fsp3) is 0.111. The van der Waals surface area contributed by atoms with Crippen LogP contribution in [0.1, 0.15) is 10.4 Å². The van der Waals surface area contributed by atoms with Crippen molar-refractivity contribution in [2.24, 2.45) is 0 Å². The maximum atomic E-state index is 10.7. The zero-order chi connectivity index (χ0) is 13.6. The summed E-state index contributed by atoms with van der Waals surface area (Å²) in [6.45, 7) is 0. The first kappa shape index (κ1) is 15.3. The second-order valence-electron chi connectivity index (χ2n) is 2.53. The highest BCUT2D eigenvalue weighted by molar-refractivity contribution is 6.36. The normalized spacial score (nSPS) is 8.88. The molecular weight excluding hydrogens is 275 g/mol. The van der Waals surface area contributed by atoms with Gasteiger partial charge in [-0.3, -0.25) is 0 Å². The molecule has 17 heavy (non-hydrogen) atoms. The van der Waals surface area contributed by atoms with Crippen molar-refractivity contribution in [1.82, 2.24) is 0 Å². The van der Waals surface area contributed by atoms with E-state index in [9.17, 15) is 4.79 Å². The van der Waals surface area contributed by atoms with Crippen molar-refractivity contribution in [3.05, 3.63) is 27.7 Å². The van der Waals surface area contributed by atoms with Gasteiger partial charge in [-0.05, 0) is 12.1 Å². The molecule has 94 valence electrons. The Bertz CT molecular complexity index is 428. The van der Waals surface area contributed by atoms with Crippen molar-refractivity contribution in [2.45, 2.75) is 0 Å². The highest BCUT2D eigenvalue weighted by Gasteiger charge is 2.17. The van der Waals surface area contributed by atoms with Crippen molar-refractivity contribution in [1.29, 1.82) is 0 Å². The summed E-state index contributed by atoms with van der Waals surface area (Å²) in [5, 5.41) is 23.1. The number of ether oxygens (including phenoxy) is 1. The number of carboxylic acid groups (broad SMARTS) is 3. The van der Waals surface area contributed by atoms with E-state index in [4.69, 9.17) is 48.1 Å². The number of rotatable bonds is 2. The molecule has 0 spiro atoms. The molecule has 0 aromatic heterocycles. The third-order valence-corrected chi connectivity index (χ3v) is 2.09. The quantitative estimate of drug-likeness (QED) is 0.770. The molecule has 1 rings (SSSR count). The van der Waals surface area contributed by atoms with E-state index >= 15 is 0 Å². The molecule has 1 aromatic carbocycles. The van der Waals surface area contributed by atoms with Gasteiger partial charge in [-0.1, -0.05) is 23.2 Å². The SMILES string of the molecule is COc1c(Cl)ccc(Cl)c1C(=O)O.O=C(O)O. The van der Waals surface area contributed by atoms with Gasteiger partial charge in [0.1, 0.15) is 5.56 Å². The lowest BCUT2D eigenvalue weighted by Gasteiger charge is -2.07. The van der Waals surface area contributed by atoms with Crippen molar-refractivity contribution >= 4 is 35.3 Å². The summed E-state index contributed by atoms with van der Waals surface area (Å²) in [5.41, 5.74) is -0.114. The van der Waals surface area contributed by atoms with Crippen molar-refractivity contribution < 1.29 is 29.6 Å². The first-order chi connectivity index (χ1) is 7.81. The molecule has 6 nitrogen and oxygen atoms in total. The van der Waals surface area contributed by atoms with E-state index in [1.54, 1.807) is 0 Å². The first-order valence-electron chi connectivity index (χ1n) is 3.98. The smallest absolute Gasteiger partial charge is 0.494 e. The molecule has 0 saturated carbocycles. The fourth-order valence-corrected chi connectivity index (χ4v) is 1.40. The molecule has 1 aromatic rings. The molecule has 0 aliphatic rings. The monoisotopic (exact) mass is 282 g/mol. The summed E-state index contributed by atoms with van der Waals surface area (Å²) in [6, 6.07) is 2.89. The first-order valence-corrected chi connectivity index (χ1v) is 4.74. The van der Waals surface area contributed by atoms with E-state index in [0.717, 1.165) is 0 Å². The van der Waals surface area contributed by atoms with Gasteiger partial charge in [0, 0.05) is 0 Å². The average molecular weight is 283 g/mol. The van der Waals surface area contributed by atoms with Crippen molar-refractivity contribution in [3.63, 3.8) is 0 Å². The highest BCUT2D eigenvalue weighted by Crippen LogP contribution is 2.33. The number of hydrogen-bond acceptors (Lipinski definition) is 3. The Morgan fingerprint density at radius 1 is 1.12 bits per heavy atom. The van der Waals surface area contributed by atoms with Gasteiger partial charge in [0.05, 0.1) is 17.2 Å². The molecule has 0 bridgehead atoms. The summed E-state index contributed by atoms with van der Waals surface area (Å²) in [4.78, 5) is 19.3. The lowest BCUT2D eigenvalue weighted by molar-refractivity contribution is 0.0693. The van der Waals surface area contributed by atoms with E-state index in [1.807, 2.05) is 0 Å². The fourth-order valence-electron chi connectivity index (χ4n) is 0.932. The molecule has 0 amide bonds. The Labute approximate surface area is 106 Å². The number of aromatic carboxylic acids is 1. The minimum Gasteiger partial charge on any atom is -0.494 e. The lowest BCUT2D eigenvalue weighted by atomic mass is 10.2. The van der Waals surface area contributed by atoms with Crippen LogP contribution in [0, 0.1) is 0 Å². The van der Waals surface area contributed by atoms with Crippen LogP contribution in [-0.2, 0) is 0 Å². The molecule has 3 N–H and O–H groups in total. The van der Waals surface area contributed by atoms with Crippen LogP contribution in [0.15, 0.2) is 12.1 Å². The van der Waals surface area contributed by atoms with Crippen LogP contribution in [0.3, 0.4) is 0 Å². The Morgan fingerprint density at radius 2 is 1.53 bits per heavy atom. The van der Waals surface area contributed by atoms with Gasteiger partial charge in [0.15, 0.2) is 5.75 Å². The molecular formula is C9H8Cl2O6. The van der Waals surface area contributed by atoms with Crippen LogP contribution in [-0.4, -0.2) is 34.6 Å². The molecule has 8 heteroatoms. The lowest BCUT2D eigenvalue weighted by Crippen LogP contribution is -2.01. The molecule has 0 fully saturated rings. The Kier molecular flexibility index (Phi) is 6.16. The van der Waals surface area contributed by atoms with Crippen LogP contribution < -0.4 is 4.74 Å². The van der Waals surface area contributed by atoms with E-state index in [-0.39, 0.29) is 21.4 Å². The van der Waals surface area contributed by atoms with Gasteiger partial charge < -0.3 is 20.1 Å². The zero-order valence-electron chi connectivity index (χ0n) is 8.48. The van der Waals surface area contributed by atoms with Crippen LogP contribution in [0.4, 0.5) is 4.79 Å². The summed E-state index contributed by atoms with van der Waals surface area (Å²) in [7, 11) is 1.34. The highest BCUT2D eigenvalue weighted by atomic mass is 35.5. The standard InChI is InChI=1S/C8H6Cl2O3.CH2O3/c1-13-7-5(10)3-2-4(9)6(7)8(11)12;2-1(3)4/h2-3H,1H3,(H,11,12);(H2,2,3,4). The molecule has 0 atom stereocenters. The number of halogens is 2. The second-order valence-corrected chi connectivity index (χ2v) is 3.34. The predicted octanol–water partition coefficient (Wildman–Crippen LogP) is 2.92. The number of benzene rings is 1. The van der Waals surface area contributed by atoms with Crippen molar-refractivity contribution in [3.8, 4) is 5.75 Å². The van der Waals surface area contributed by atoms with E-state index in [1.165, 1.54) is 19.2 Å². The molecule has 0 heterocycles. The molecule has 0 radical (unpaired) electrons. The molecule has 0 aliphatic carbocycles. The third-order valence-electron chi connectivity index (χ3n) is 1.48. The molecule has 0 saturated heterocycles. The number of carbonyl (C=O) groups is 2. The van der Waals surface area contributed by atoms with E-state index in [2.05, 4.69) is 0 Å². The van der Waals surface area contributed by atoms with Gasteiger partial charge >= 0.3 is 12.1 Å². The summed E-state index contributed by atoms with van der Waals surface area (Å²) in [5.74, 6) is -1.08. The maximum absolute atomic E-state index is 10.7. The predicted molar refractivity (Wildman–Crippen MR) is 60.6 cm³/mol. The van der Waals surface area contributed by atoms with Gasteiger partial charge in [-0.25, -0.2) is 9.59 Å². The van der Waals surface area contributed by atoms with Crippen LogP contribution >= 0.6 is 23.2 Å². The number of hydrogen-bond donors (Lipinski definition) is 3. The maximum Gasteiger partial charge on any atom is 0.503 e. The topological polar surface area (TPSA) is 104 Å². The minimum atomic E-state index is -1.83. The largest absolute Gasteiger partial charge is 0.503 e. The van der Waals surface area contributed by atoms with Gasteiger partial charge in [0.2, 0.25) is 0 Å². The third kappa shape index (κ3) is 4.80. The van der Waals surface area contributed by atoms with E-state index in [0.29, 0.717) is 0 Å². The van der Waals surface area contributed by atoms with Crippen LogP contribution in [0.25, 0.3) is 0 Å². The number of methoxy groups -OCH3 is 1. The minimum absolute atomic E-state index is 0.0849. The van der Waals surface area contributed by atoms with Crippen LogP contribution in [0.5, 0.6) is 5.75 Å². The van der Waals surface area contributed by atoms with Gasteiger partial charge in [0.25, 0.3) is 0 Å². The Hall–Kier alpha value is -1.66. The Morgan fingerprint density at radius 3 is 1.82 bits per heavy atom. The van der Waals surface area contributed by atoms with Gasteiger partial charge in [-0.2, -0.15) is 0 Å². The molecule has 0 aliphatic heterocycles. The summed E-state index contributed by atoms with van der Waals surface area (Å²) >= 11 is 11.4. The van der Waals surface area contributed by atoms with Gasteiger partial charge in [-0.15, -0.1) is 0 Å².